The molecule has 1 saturated carbocycles. The first kappa shape index (κ1) is 13.8. The molecule has 2 nitrogen and oxygen atoms in total. The largest absolute Gasteiger partial charge is 0.396 e. The van der Waals surface area contributed by atoms with Gasteiger partial charge in [-0.3, -0.25) is 4.70 Å². The Labute approximate surface area is 86.7 Å². The average molecular weight is 205 g/mol. The molecule has 2 rings (SSSR count). The molecule has 0 aromatic heterocycles. The molecule has 0 aromatic carbocycles. The van der Waals surface area contributed by atoms with Crippen molar-refractivity contribution in [2.75, 3.05) is 26.2 Å². The Morgan fingerprint density at radius 1 is 1.14 bits per heavy atom. The van der Waals surface area contributed by atoms with Crippen molar-refractivity contribution < 1.29 is 9.81 Å². The van der Waals surface area contributed by atoms with E-state index in [0.717, 1.165) is 6.54 Å². The molecular formula is C11H24FNO. The van der Waals surface area contributed by atoms with Crippen molar-refractivity contribution in [3.05, 3.63) is 0 Å². The van der Waals surface area contributed by atoms with Crippen LogP contribution in [-0.4, -0.2) is 36.2 Å². The lowest BCUT2D eigenvalue weighted by Gasteiger charge is -2.20. The first-order valence-electron chi connectivity index (χ1n) is 5.68. The predicted octanol–water partition coefficient (Wildman–Crippen LogP) is 2.03. The standard InChI is InChI=1S/C9H17NO.C2H6.FH/c11-8-9(3-4-9)7-10-5-1-2-6-10;1-2;/h11H,1-8H2;1-2H3;1H. The van der Waals surface area contributed by atoms with Crippen LogP contribution in [0.5, 0.6) is 0 Å². The minimum atomic E-state index is 0. The van der Waals surface area contributed by atoms with Crippen molar-refractivity contribution in [1.82, 2.24) is 4.90 Å². The fraction of sp³-hybridized carbons (Fsp3) is 1.00. The van der Waals surface area contributed by atoms with Crippen LogP contribution in [0.1, 0.15) is 39.5 Å². The zero-order valence-corrected chi connectivity index (χ0v) is 9.46. The van der Waals surface area contributed by atoms with Gasteiger partial charge in [0.25, 0.3) is 0 Å². The second kappa shape index (κ2) is 6.36. The van der Waals surface area contributed by atoms with E-state index in [-0.39, 0.29) is 4.70 Å². The number of hydrogen-bond donors (Lipinski definition) is 1. The number of aliphatic hydroxyl groups is 1. The maximum atomic E-state index is 9.09. The molecule has 86 valence electrons. The van der Waals surface area contributed by atoms with Gasteiger partial charge in [-0.1, -0.05) is 13.8 Å². The summed E-state index contributed by atoms with van der Waals surface area (Å²) in [6, 6.07) is 0. The van der Waals surface area contributed by atoms with Gasteiger partial charge < -0.3 is 10.0 Å². The molecule has 0 radical (unpaired) electrons. The van der Waals surface area contributed by atoms with Crippen LogP contribution < -0.4 is 0 Å². The third-order valence-corrected chi connectivity index (χ3v) is 3.05. The summed E-state index contributed by atoms with van der Waals surface area (Å²) in [6.07, 6.45) is 5.23. The molecule has 1 saturated heterocycles. The summed E-state index contributed by atoms with van der Waals surface area (Å²) in [5, 5.41) is 9.09. The summed E-state index contributed by atoms with van der Waals surface area (Å²) >= 11 is 0. The summed E-state index contributed by atoms with van der Waals surface area (Å²) < 4.78 is 0. The van der Waals surface area contributed by atoms with Gasteiger partial charge in [-0.15, -0.1) is 0 Å². The van der Waals surface area contributed by atoms with Crippen LogP contribution in [0.2, 0.25) is 0 Å². The summed E-state index contributed by atoms with van der Waals surface area (Å²) in [4.78, 5) is 2.50. The lowest BCUT2D eigenvalue weighted by atomic mass is 10.1. The van der Waals surface area contributed by atoms with Gasteiger partial charge in [0.05, 0.1) is 0 Å². The van der Waals surface area contributed by atoms with E-state index in [4.69, 9.17) is 5.11 Å². The molecule has 2 aliphatic rings. The predicted molar refractivity (Wildman–Crippen MR) is 58.3 cm³/mol. The lowest BCUT2D eigenvalue weighted by Crippen LogP contribution is -2.29. The maximum Gasteiger partial charge on any atom is 0.0499 e. The van der Waals surface area contributed by atoms with Crippen LogP contribution in [0.3, 0.4) is 0 Å². The van der Waals surface area contributed by atoms with Crippen molar-refractivity contribution in [3.8, 4) is 0 Å². The molecule has 0 aromatic rings. The molecule has 0 amide bonds. The van der Waals surface area contributed by atoms with Crippen LogP contribution in [0.4, 0.5) is 4.70 Å². The van der Waals surface area contributed by atoms with E-state index in [0.29, 0.717) is 12.0 Å². The molecular weight excluding hydrogens is 181 g/mol. The molecule has 2 fully saturated rings. The van der Waals surface area contributed by atoms with Crippen LogP contribution in [-0.2, 0) is 0 Å². The highest BCUT2D eigenvalue weighted by Gasteiger charge is 2.43. The van der Waals surface area contributed by atoms with E-state index in [9.17, 15) is 0 Å². The number of halogens is 1. The van der Waals surface area contributed by atoms with Crippen LogP contribution >= 0.6 is 0 Å². The van der Waals surface area contributed by atoms with Crippen molar-refractivity contribution in [2.24, 2.45) is 5.41 Å². The number of nitrogens with zero attached hydrogens (tertiary/aromatic N) is 1. The smallest absolute Gasteiger partial charge is 0.0499 e. The van der Waals surface area contributed by atoms with E-state index in [2.05, 4.69) is 4.90 Å². The Balaban J connectivity index is 0.000000531. The topological polar surface area (TPSA) is 23.5 Å². The monoisotopic (exact) mass is 205 g/mol. The van der Waals surface area contributed by atoms with Gasteiger partial charge in [-0.05, 0) is 38.8 Å². The highest BCUT2D eigenvalue weighted by molar-refractivity contribution is 4.95. The zero-order chi connectivity index (χ0) is 9.73. The summed E-state index contributed by atoms with van der Waals surface area (Å²) in [6.45, 7) is 8.09. The van der Waals surface area contributed by atoms with Gasteiger partial charge in [-0.2, -0.15) is 0 Å². The number of rotatable bonds is 3. The number of aliphatic hydroxyl groups excluding tert-OH is 1. The third-order valence-electron chi connectivity index (χ3n) is 3.05. The lowest BCUT2D eigenvalue weighted by molar-refractivity contribution is 0.164. The van der Waals surface area contributed by atoms with E-state index < -0.39 is 0 Å². The second-order valence-corrected chi connectivity index (χ2v) is 4.14. The molecule has 1 aliphatic carbocycles. The minimum absolute atomic E-state index is 0. The SMILES string of the molecule is CC.F.OCC1(CN2CCCC2)CC1. The summed E-state index contributed by atoms with van der Waals surface area (Å²) in [7, 11) is 0. The fourth-order valence-corrected chi connectivity index (χ4v) is 1.96. The molecule has 14 heavy (non-hydrogen) atoms. The van der Waals surface area contributed by atoms with E-state index in [1.807, 2.05) is 13.8 Å². The van der Waals surface area contributed by atoms with Crippen molar-refractivity contribution >= 4 is 0 Å². The van der Waals surface area contributed by atoms with E-state index >= 15 is 0 Å². The number of likely N-dealkylation sites (tertiary alicyclic amines) is 1. The van der Waals surface area contributed by atoms with Crippen molar-refractivity contribution in [1.29, 1.82) is 0 Å². The zero-order valence-electron chi connectivity index (χ0n) is 9.46. The Hall–Kier alpha value is -0.150. The third kappa shape index (κ3) is 3.54. The second-order valence-electron chi connectivity index (χ2n) is 4.14. The molecule has 0 unspecified atom stereocenters. The Morgan fingerprint density at radius 3 is 2.00 bits per heavy atom. The number of hydrogen-bond acceptors (Lipinski definition) is 2. The molecule has 0 spiro atoms. The quantitative estimate of drug-likeness (QED) is 0.762. The van der Waals surface area contributed by atoms with Gasteiger partial charge >= 0.3 is 0 Å². The maximum absolute atomic E-state index is 9.09. The van der Waals surface area contributed by atoms with Gasteiger partial charge in [0.2, 0.25) is 0 Å². The van der Waals surface area contributed by atoms with Crippen LogP contribution in [0, 0.1) is 5.41 Å². The van der Waals surface area contributed by atoms with E-state index in [1.165, 1.54) is 38.8 Å². The van der Waals surface area contributed by atoms with Gasteiger partial charge in [0.1, 0.15) is 0 Å². The first-order valence-corrected chi connectivity index (χ1v) is 5.68. The Kier molecular flexibility index (Phi) is 6.29. The molecule has 1 N–H and O–H groups in total. The molecule has 0 atom stereocenters. The van der Waals surface area contributed by atoms with Gasteiger partial charge in [-0.25, -0.2) is 0 Å². The first-order chi connectivity index (χ1) is 6.35. The van der Waals surface area contributed by atoms with E-state index in [1.54, 1.807) is 0 Å². The molecule has 1 aliphatic heterocycles. The molecule has 0 bridgehead atoms. The average Bonchev–Trinajstić information content (AvgIpc) is 2.77. The van der Waals surface area contributed by atoms with Crippen LogP contribution in [0.25, 0.3) is 0 Å². The van der Waals surface area contributed by atoms with Gasteiger partial charge in [0, 0.05) is 18.6 Å². The summed E-state index contributed by atoms with van der Waals surface area (Å²) in [5.74, 6) is 0. The normalized spacial score (nSPS) is 23.4. The highest BCUT2D eigenvalue weighted by atomic mass is 19.0. The van der Waals surface area contributed by atoms with Crippen molar-refractivity contribution in [2.45, 2.75) is 39.5 Å². The highest BCUT2D eigenvalue weighted by Crippen LogP contribution is 2.45. The Morgan fingerprint density at radius 2 is 1.64 bits per heavy atom. The van der Waals surface area contributed by atoms with Gasteiger partial charge in [0.15, 0.2) is 0 Å². The van der Waals surface area contributed by atoms with Crippen molar-refractivity contribution in [3.63, 3.8) is 0 Å². The summed E-state index contributed by atoms with van der Waals surface area (Å²) in [5.41, 5.74) is 0.338. The molecule has 1 heterocycles. The molecule has 3 heteroatoms. The minimum Gasteiger partial charge on any atom is -0.396 e. The Bertz CT molecular complexity index is 142. The van der Waals surface area contributed by atoms with Crippen LogP contribution in [0.15, 0.2) is 0 Å². The fourth-order valence-electron chi connectivity index (χ4n) is 1.96.